The van der Waals surface area contributed by atoms with Crippen LogP contribution in [0.4, 0.5) is 0 Å². The first-order chi connectivity index (χ1) is 14.8. The molecule has 0 fully saturated rings. The maximum absolute atomic E-state index is 8.17. The molecule has 0 spiro atoms. The van der Waals surface area contributed by atoms with Gasteiger partial charge in [0.05, 0.1) is 11.8 Å². The van der Waals surface area contributed by atoms with E-state index in [0.29, 0.717) is 11.8 Å². The van der Waals surface area contributed by atoms with Crippen LogP contribution in [-0.2, 0) is 6.42 Å². The van der Waals surface area contributed by atoms with Crippen molar-refractivity contribution in [2.75, 3.05) is 0 Å². The number of aryl methyl sites for hydroxylation is 1. The van der Waals surface area contributed by atoms with E-state index in [1.807, 2.05) is 12.1 Å². The molecular formula is C27H25N3. The Morgan fingerprint density at radius 1 is 1.07 bits per heavy atom. The van der Waals surface area contributed by atoms with Crippen LogP contribution in [0.15, 0.2) is 85.1 Å². The minimum absolute atomic E-state index is 0.363. The number of hydrogen-bond acceptors (Lipinski definition) is 2. The van der Waals surface area contributed by atoms with Crippen LogP contribution in [0.1, 0.15) is 35.7 Å². The monoisotopic (exact) mass is 391 g/mol. The van der Waals surface area contributed by atoms with Gasteiger partial charge >= 0.3 is 0 Å². The van der Waals surface area contributed by atoms with Gasteiger partial charge in [-0.15, -0.1) is 0 Å². The number of rotatable bonds is 4. The van der Waals surface area contributed by atoms with Crippen LogP contribution in [0.3, 0.4) is 0 Å². The highest BCUT2D eigenvalue weighted by atomic mass is 15.0. The minimum Gasteiger partial charge on any atom is -0.405 e. The van der Waals surface area contributed by atoms with Crippen molar-refractivity contribution in [3.05, 3.63) is 102 Å². The summed E-state index contributed by atoms with van der Waals surface area (Å²) in [6.07, 6.45) is 19.7. The number of nitrogens with two attached hydrogens (primary N) is 1. The summed E-state index contributed by atoms with van der Waals surface area (Å²) in [5.41, 5.74) is 13.2. The molecule has 3 nitrogen and oxygen atoms in total. The molecule has 3 N–H and O–H groups in total. The van der Waals surface area contributed by atoms with E-state index in [0.717, 1.165) is 30.4 Å². The van der Waals surface area contributed by atoms with E-state index in [2.05, 4.69) is 71.4 Å². The predicted molar refractivity (Wildman–Crippen MR) is 127 cm³/mol. The van der Waals surface area contributed by atoms with E-state index in [1.54, 1.807) is 6.08 Å². The van der Waals surface area contributed by atoms with Gasteiger partial charge in [0.1, 0.15) is 0 Å². The normalized spacial score (nSPS) is 17.7. The van der Waals surface area contributed by atoms with E-state index in [1.165, 1.54) is 33.9 Å². The Labute approximate surface area is 177 Å². The Hall–Kier alpha value is -3.59. The van der Waals surface area contributed by atoms with Gasteiger partial charge in [0, 0.05) is 22.2 Å². The van der Waals surface area contributed by atoms with Gasteiger partial charge in [-0.3, -0.25) is 0 Å². The molecule has 3 heteroatoms. The summed E-state index contributed by atoms with van der Waals surface area (Å²) in [6.45, 7) is 0. The Kier molecular flexibility index (Phi) is 4.72. The molecule has 0 saturated carbocycles. The summed E-state index contributed by atoms with van der Waals surface area (Å²) in [5.74, 6) is 0. The quantitative estimate of drug-likeness (QED) is 0.514. The molecule has 1 unspecified atom stereocenters. The van der Waals surface area contributed by atoms with Crippen molar-refractivity contribution in [2.24, 2.45) is 5.73 Å². The topological polar surface area (TPSA) is 54.8 Å². The Morgan fingerprint density at radius 3 is 2.80 bits per heavy atom. The first kappa shape index (κ1) is 18.4. The van der Waals surface area contributed by atoms with E-state index < -0.39 is 0 Å². The summed E-state index contributed by atoms with van der Waals surface area (Å²) in [7, 11) is 0. The van der Waals surface area contributed by atoms with Gasteiger partial charge in [-0.2, -0.15) is 0 Å². The smallest absolute Gasteiger partial charge is 0.0626 e. The molecule has 0 amide bonds. The van der Waals surface area contributed by atoms with Gasteiger partial charge in [0.15, 0.2) is 0 Å². The molecule has 2 aliphatic carbocycles. The standard InChI is InChI=1S/C27H25N3/c28-16-15-25(29)21-8-6-7-19(17-21)20-13-14-27-24(18-20)23-11-4-5-12-26(23)30(27)22-9-2-1-3-10-22/h1-3,5-9,12-18,22,29H,4,10-11,28H2/b16-15-,29-25?. The van der Waals surface area contributed by atoms with Crippen molar-refractivity contribution < 1.29 is 0 Å². The summed E-state index contributed by atoms with van der Waals surface area (Å²) < 4.78 is 2.50. The lowest BCUT2D eigenvalue weighted by Crippen LogP contribution is -2.10. The summed E-state index contributed by atoms with van der Waals surface area (Å²) in [6, 6.07) is 15.3. The molecule has 0 saturated heterocycles. The van der Waals surface area contributed by atoms with E-state index in [-0.39, 0.29) is 0 Å². The molecular weight excluding hydrogens is 366 g/mol. The number of hydrogen-bond donors (Lipinski definition) is 2. The molecule has 30 heavy (non-hydrogen) atoms. The predicted octanol–water partition coefficient (Wildman–Crippen LogP) is 6.17. The highest BCUT2D eigenvalue weighted by Crippen LogP contribution is 2.38. The van der Waals surface area contributed by atoms with E-state index in [9.17, 15) is 0 Å². The minimum atomic E-state index is 0.363. The van der Waals surface area contributed by atoms with Crippen LogP contribution in [-0.4, -0.2) is 10.3 Å². The zero-order chi connectivity index (χ0) is 20.5. The third-order valence-electron chi connectivity index (χ3n) is 6.05. The lowest BCUT2D eigenvalue weighted by atomic mass is 9.96. The van der Waals surface area contributed by atoms with Crippen LogP contribution in [0, 0.1) is 5.41 Å². The van der Waals surface area contributed by atoms with Crippen LogP contribution in [0.2, 0.25) is 0 Å². The molecule has 0 aliphatic heterocycles. The van der Waals surface area contributed by atoms with E-state index in [4.69, 9.17) is 11.1 Å². The summed E-state index contributed by atoms with van der Waals surface area (Å²) in [5, 5.41) is 9.52. The average molecular weight is 392 g/mol. The highest BCUT2D eigenvalue weighted by molar-refractivity contribution is 6.07. The molecule has 2 aliphatic rings. The lowest BCUT2D eigenvalue weighted by Gasteiger charge is -2.20. The van der Waals surface area contributed by atoms with Crippen LogP contribution in [0.25, 0.3) is 28.1 Å². The van der Waals surface area contributed by atoms with Crippen LogP contribution < -0.4 is 5.73 Å². The van der Waals surface area contributed by atoms with Crippen LogP contribution in [0.5, 0.6) is 0 Å². The van der Waals surface area contributed by atoms with Gasteiger partial charge in [0.2, 0.25) is 0 Å². The largest absolute Gasteiger partial charge is 0.405 e. The van der Waals surface area contributed by atoms with E-state index >= 15 is 0 Å². The van der Waals surface area contributed by atoms with Gasteiger partial charge in [-0.25, -0.2) is 0 Å². The van der Waals surface area contributed by atoms with Crippen molar-refractivity contribution in [3.8, 4) is 11.1 Å². The molecule has 1 aromatic heterocycles. The number of fused-ring (bicyclic) bond motifs is 3. The van der Waals surface area contributed by atoms with Crippen LogP contribution >= 0.6 is 0 Å². The molecule has 0 radical (unpaired) electrons. The Balaban J connectivity index is 1.65. The number of allylic oxidation sites excluding steroid dienone is 6. The highest BCUT2D eigenvalue weighted by Gasteiger charge is 2.22. The number of nitrogens with zero attached hydrogens (tertiary/aromatic N) is 1. The third kappa shape index (κ3) is 3.13. The van der Waals surface area contributed by atoms with Crippen molar-refractivity contribution in [1.29, 1.82) is 5.41 Å². The molecule has 5 rings (SSSR count). The van der Waals surface area contributed by atoms with Crippen molar-refractivity contribution >= 4 is 22.7 Å². The van der Waals surface area contributed by atoms with Gasteiger partial charge in [0.25, 0.3) is 0 Å². The first-order valence-electron chi connectivity index (χ1n) is 10.5. The second-order valence-electron chi connectivity index (χ2n) is 7.88. The second kappa shape index (κ2) is 7.68. The fourth-order valence-corrected chi connectivity index (χ4v) is 4.62. The molecule has 1 heterocycles. The third-order valence-corrected chi connectivity index (χ3v) is 6.05. The van der Waals surface area contributed by atoms with Crippen molar-refractivity contribution in [2.45, 2.75) is 25.3 Å². The first-order valence-corrected chi connectivity index (χ1v) is 10.5. The molecule has 0 bridgehead atoms. The van der Waals surface area contributed by atoms with Crippen molar-refractivity contribution in [1.82, 2.24) is 4.57 Å². The average Bonchev–Trinajstić information content (AvgIpc) is 3.13. The molecule has 1 atom stereocenters. The molecule has 3 aromatic rings. The van der Waals surface area contributed by atoms with Gasteiger partial charge < -0.3 is 15.7 Å². The van der Waals surface area contributed by atoms with Gasteiger partial charge in [-0.05, 0) is 72.5 Å². The SMILES string of the molecule is N=C(/C=C\N)c1cccc(-c2ccc3c(c2)c2c(n3C3C=CC=CC3)C=CCC2)c1. The molecule has 2 aromatic carbocycles. The Morgan fingerprint density at radius 2 is 1.97 bits per heavy atom. The maximum atomic E-state index is 8.17. The number of aromatic nitrogens is 1. The lowest BCUT2D eigenvalue weighted by molar-refractivity contribution is 0.621. The maximum Gasteiger partial charge on any atom is 0.0626 e. The van der Waals surface area contributed by atoms with Gasteiger partial charge in [-0.1, -0.05) is 54.6 Å². The second-order valence-corrected chi connectivity index (χ2v) is 7.88. The molecule has 148 valence electrons. The summed E-state index contributed by atoms with van der Waals surface area (Å²) >= 11 is 0. The fourth-order valence-electron chi connectivity index (χ4n) is 4.62. The summed E-state index contributed by atoms with van der Waals surface area (Å²) in [4.78, 5) is 0. The van der Waals surface area contributed by atoms with Crippen molar-refractivity contribution in [3.63, 3.8) is 0 Å². The Bertz CT molecular complexity index is 1250. The fraction of sp³-hybridized carbons (Fsp3) is 0.148. The number of benzene rings is 2. The zero-order valence-corrected chi connectivity index (χ0v) is 16.9. The number of nitrogens with one attached hydrogen (secondary N) is 1. The zero-order valence-electron chi connectivity index (χ0n) is 16.9.